The molecule has 3 heteroatoms. The standard InChI is InChI=1S/C15H18N2O/c1-2-3-7-10-16-15-13(11-14(18)17-15)12-8-5-4-6-9-12/h4-6,8-9,11H,2-3,7,10H2,1H3,(H,16,17,18). The van der Waals surface area contributed by atoms with Crippen molar-refractivity contribution in [1.82, 2.24) is 5.32 Å². The molecule has 1 aromatic carbocycles. The first-order valence-electron chi connectivity index (χ1n) is 6.44. The average molecular weight is 242 g/mol. The Hall–Kier alpha value is -1.90. The third-order valence-electron chi connectivity index (χ3n) is 2.89. The monoisotopic (exact) mass is 242 g/mol. The zero-order chi connectivity index (χ0) is 12.8. The molecule has 0 fully saturated rings. The molecule has 0 saturated carbocycles. The Kier molecular flexibility index (Phi) is 4.29. The molecule has 1 N–H and O–H groups in total. The fourth-order valence-corrected chi connectivity index (χ4v) is 1.93. The molecule has 1 amide bonds. The van der Waals surface area contributed by atoms with Gasteiger partial charge in [-0.05, 0) is 12.0 Å². The summed E-state index contributed by atoms with van der Waals surface area (Å²) >= 11 is 0. The fourth-order valence-electron chi connectivity index (χ4n) is 1.93. The average Bonchev–Trinajstić information content (AvgIpc) is 2.77. The topological polar surface area (TPSA) is 41.5 Å². The van der Waals surface area contributed by atoms with Gasteiger partial charge in [0.15, 0.2) is 0 Å². The molecule has 1 aromatic rings. The summed E-state index contributed by atoms with van der Waals surface area (Å²) in [4.78, 5) is 15.9. The first-order chi connectivity index (χ1) is 8.81. The van der Waals surface area contributed by atoms with Gasteiger partial charge in [-0.25, -0.2) is 0 Å². The summed E-state index contributed by atoms with van der Waals surface area (Å²) in [7, 11) is 0. The van der Waals surface area contributed by atoms with Crippen LogP contribution in [0.4, 0.5) is 0 Å². The molecule has 0 aromatic heterocycles. The number of benzene rings is 1. The van der Waals surface area contributed by atoms with Crippen molar-refractivity contribution in [2.45, 2.75) is 26.2 Å². The Bertz CT molecular complexity index is 475. The van der Waals surface area contributed by atoms with Gasteiger partial charge in [-0.1, -0.05) is 50.1 Å². The number of unbranched alkanes of at least 4 members (excludes halogenated alkanes) is 2. The van der Waals surface area contributed by atoms with E-state index in [4.69, 9.17) is 0 Å². The van der Waals surface area contributed by atoms with Crippen molar-refractivity contribution < 1.29 is 4.79 Å². The molecule has 0 saturated heterocycles. The lowest BCUT2D eigenvalue weighted by Crippen LogP contribution is -2.22. The fraction of sp³-hybridized carbons (Fsp3) is 0.333. The zero-order valence-electron chi connectivity index (χ0n) is 10.6. The summed E-state index contributed by atoms with van der Waals surface area (Å²) in [6, 6.07) is 9.88. The molecule has 0 unspecified atom stereocenters. The second kappa shape index (κ2) is 6.15. The predicted molar refractivity (Wildman–Crippen MR) is 74.4 cm³/mol. The number of nitrogens with one attached hydrogen (secondary N) is 1. The van der Waals surface area contributed by atoms with Gasteiger partial charge >= 0.3 is 0 Å². The minimum atomic E-state index is -0.0805. The molecule has 3 nitrogen and oxygen atoms in total. The highest BCUT2D eigenvalue weighted by Gasteiger charge is 2.19. The maximum atomic E-state index is 11.5. The molecule has 0 spiro atoms. The largest absolute Gasteiger partial charge is 0.307 e. The van der Waals surface area contributed by atoms with E-state index in [1.54, 1.807) is 6.08 Å². The molecule has 1 aliphatic rings. The van der Waals surface area contributed by atoms with Crippen molar-refractivity contribution in [2.24, 2.45) is 4.99 Å². The number of nitrogens with zero attached hydrogens (tertiary/aromatic N) is 1. The van der Waals surface area contributed by atoms with E-state index in [1.807, 2.05) is 30.3 Å². The summed E-state index contributed by atoms with van der Waals surface area (Å²) in [5.74, 6) is 0.630. The van der Waals surface area contributed by atoms with Crippen LogP contribution in [0.5, 0.6) is 0 Å². The molecular formula is C15H18N2O. The van der Waals surface area contributed by atoms with Crippen molar-refractivity contribution >= 4 is 17.3 Å². The number of carbonyl (C=O) groups excluding carboxylic acids is 1. The van der Waals surface area contributed by atoms with Crippen molar-refractivity contribution in [2.75, 3.05) is 6.54 Å². The van der Waals surface area contributed by atoms with Crippen molar-refractivity contribution in [3.8, 4) is 0 Å². The smallest absolute Gasteiger partial charge is 0.250 e. The highest BCUT2D eigenvalue weighted by molar-refractivity contribution is 6.35. The van der Waals surface area contributed by atoms with E-state index in [2.05, 4.69) is 17.2 Å². The van der Waals surface area contributed by atoms with E-state index in [0.717, 1.165) is 24.1 Å². The van der Waals surface area contributed by atoms with Gasteiger partial charge in [0.05, 0.1) is 0 Å². The van der Waals surface area contributed by atoms with Crippen molar-refractivity contribution in [3.63, 3.8) is 0 Å². The van der Waals surface area contributed by atoms with Crippen LogP contribution in [-0.2, 0) is 4.79 Å². The van der Waals surface area contributed by atoms with Gasteiger partial charge in [0.1, 0.15) is 5.84 Å². The Morgan fingerprint density at radius 1 is 1.17 bits per heavy atom. The van der Waals surface area contributed by atoms with E-state index < -0.39 is 0 Å². The number of hydrogen-bond acceptors (Lipinski definition) is 2. The molecular weight excluding hydrogens is 224 g/mol. The highest BCUT2D eigenvalue weighted by Crippen LogP contribution is 2.18. The number of carbonyl (C=O) groups is 1. The van der Waals surface area contributed by atoms with Crippen LogP contribution in [0.15, 0.2) is 41.4 Å². The Morgan fingerprint density at radius 3 is 2.67 bits per heavy atom. The summed E-state index contributed by atoms with van der Waals surface area (Å²) in [6.45, 7) is 2.94. The minimum Gasteiger partial charge on any atom is -0.307 e. The van der Waals surface area contributed by atoms with Crippen molar-refractivity contribution in [3.05, 3.63) is 42.0 Å². The van der Waals surface area contributed by atoms with E-state index >= 15 is 0 Å². The molecule has 0 radical (unpaired) electrons. The predicted octanol–water partition coefficient (Wildman–Crippen LogP) is 2.79. The maximum Gasteiger partial charge on any atom is 0.250 e. The Morgan fingerprint density at radius 2 is 1.94 bits per heavy atom. The molecule has 2 rings (SSSR count). The van der Waals surface area contributed by atoms with Gasteiger partial charge < -0.3 is 5.32 Å². The number of rotatable bonds is 5. The third-order valence-corrected chi connectivity index (χ3v) is 2.89. The number of amides is 1. The van der Waals surface area contributed by atoms with Crippen LogP contribution in [-0.4, -0.2) is 18.3 Å². The van der Waals surface area contributed by atoms with E-state index in [0.29, 0.717) is 5.84 Å². The van der Waals surface area contributed by atoms with Crippen LogP contribution in [0.3, 0.4) is 0 Å². The van der Waals surface area contributed by atoms with Gasteiger partial charge in [0, 0.05) is 18.2 Å². The molecule has 0 bridgehead atoms. The van der Waals surface area contributed by atoms with Gasteiger partial charge in [-0.3, -0.25) is 9.79 Å². The zero-order valence-corrected chi connectivity index (χ0v) is 10.6. The lowest BCUT2D eigenvalue weighted by Gasteiger charge is -2.04. The Balaban J connectivity index is 2.12. The van der Waals surface area contributed by atoms with E-state index in [1.165, 1.54) is 12.8 Å². The Labute approximate surface area is 108 Å². The SMILES string of the molecule is CCCCCN=C1NC(=O)C=C1c1ccccc1. The van der Waals surface area contributed by atoms with Gasteiger partial charge in [-0.15, -0.1) is 0 Å². The van der Waals surface area contributed by atoms with Crippen molar-refractivity contribution in [1.29, 1.82) is 0 Å². The number of amidine groups is 1. The molecule has 0 aliphatic carbocycles. The lowest BCUT2D eigenvalue weighted by atomic mass is 10.1. The molecule has 1 heterocycles. The third kappa shape index (κ3) is 3.06. The second-order valence-electron chi connectivity index (χ2n) is 4.35. The van der Waals surface area contributed by atoms with Crippen LogP contribution in [0, 0.1) is 0 Å². The second-order valence-corrected chi connectivity index (χ2v) is 4.35. The normalized spacial score (nSPS) is 16.8. The summed E-state index contributed by atoms with van der Waals surface area (Å²) < 4.78 is 0. The van der Waals surface area contributed by atoms with E-state index in [-0.39, 0.29) is 5.91 Å². The molecule has 94 valence electrons. The summed E-state index contributed by atoms with van der Waals surface area (Å²) in [5.41, 5.74) is 1.93. The van der Waals surface area contributed by atoms with E-state index in [9.17, 15) is 4.79 Å². The molecule has 1 aliphatic heterocycles. The van der Waals surface area contributed by atoms with Gasteiger partial charge in [0.2, 0.25) is 5.91 Å². The minimum absolute atomic E-state index is 0.0805. The summed E-state index contributed by atoms with van der Waals surface area (Å²) in [6.07, 6.45) is 5.04. The first kappa shape index (κ1) is 12.6. The highest BCUT2D eigenvalue weighted by atomic mass is 16.1. The van der Waals surface area contributed by atoms with Crippen LogP contribution in [0.25, 0.3) is 5.57 Å². The van der Waals surface area contributed by atoms with Crippen LogP contribution < -0.4 is 5.32 Å². The van der Waals surface area contributed by atoms with Crippen LogP contribution in [0.1, 0.15) is 31.7 Å². The quantitative estimate of drug-likeness (QED) is 0.792. The lowest BCUT2D eigenvalue weighted by molar-refractivity contribution is -0.114. The van der Waals surface area contributed by atoms with Crippen LogP contribution in [0.2, 0.25) is 0 Å². The van der Waals surface area contributed by atoms with Gasteiger partial charge in [-0.2, -0.15) is 0 Å². The first-order valence-corrected chi connectivity index (χ1v) is 6.44. The number of hydrogen-bond donors (Lipinski definition) is 1. The number of aliphatic imine (C=N–C) groups is 1. The van der Waals surface area contributed by atoms with Crippen LogP contribution >= 0.6 is 0 Å². The maximum absolute atomic E-state index is 11.5. The molecule has 18 heavy (non-hydrogen) atoms. The summed E-state index contributed by atoms with van der Waals surface area (Å²) in [5, 5.41) is 2.80. The molecule has 0 atom stereocenters. The van der Waals surface area contributed by atoms with Gasteiger partial charge in [0.25, 0.3) is 0 Å².